The normalized spacial score (nSPS) is 19.6. The Kier molecular flexibility index (Phi) is 7.44. The van der Waals surface area contributed by atoms with Crippen LogP contribution in [0.5, 0.6) is 0 Å². The molecule has 0 saturated carbocycles. The van der Waals surface area contributed by atoms with E-state index in [2.05, 4.69) is 10.6 Å². The summed E-state index contributed by atoms with van der Waals surface area (Å²) < 4.78 is 5.47. The van der Waals surface area contributed by atoms with Crippen LogP contribution in [0.2, 0.25) is 0 Å². The van der Waals surface area contributed by atoms with Crippen LogP contribution in [0.3, 0.4) is 0 Å². The Balaban J connectivity index is 1.38. The van der Waals surface area contributed by atoms with Crippen LogP contribution in [0.15, 0.2) is 12.1 Å². The zero-order chi connectivity index (χ0) is 21.7. The van der Waals surface area contributed by atoms with E-state index in [1.54, 1.807) is 0 Å². The van der Waals surface area contributed by atoms with Crippen molar-refractivity contribution in [2.75, 3.05) is 51.2 Å². The van der Waals surface area contributed by atoms with E-state index in [4.69, 9.17) is 4.74 Å². The van der Waals surface area contributed by atoms with Crippen LogP contribution in [-0.4, -0.2) is 79.5 Å². The number of amides is 3. The molecule has 3 rings (SSSR count). The third-order valence-corrected chi connectivity index (χ3v) is 5.64. The van der Waals surface area contributed by atoms with Crippen LogP contribution in [0, 0.1) is 20.8 Å². The summed E-state index contributed by atoms with van der Waals surface area (Å²) in [5, 5.41) is 5.57. The Morgan fingerprint density at radius 3 is 2.30 bits per heavy atom. The highest BCUT2D eigenvalue weighted by atomic mass is 16.5. The summed E-state index contributed by atoms with van der Waals surface area (Å²) in [5.41, 5.74) is 3.95. The number of nitrogens with one attached hydrogen (secondary N) is 2. The molecule has 0 radical (unpaired) electrons. The minimum absolute atomic E-state index is 0.0648. The Morgan fingerprint density at radius 1 is 1.03 bits per heavy atom. The highest BCUT2D eigenvalue weighted by Gasteiger charge is 2.30. The van der Waals surface area contributed by atoms with Crippen molar-refractivity contribution in [3.8, 4) is 0 Å². The van der Waals surface area contributed by atoms with E-state index in [1.807, 2.05) is 42.7 Å². The van der Waals surface area contributed by atoms with Crippen molar-refractivity contribution < 1.29 is 19.1 Å². The minimum Gasteiger partial charge on any atom is -0.368 e. The molecule has 0 aromatic heterocycles. The summed E-state index contributed by atoms with van der Waals surface area (Å²) in [6.07, 6.45) is 1.44. The summed E-state index contributed by atoms with van der Waals surface area (Å²) in [6, 6.07) is 4.04. The lowest BCUT2D eigenvalue weighted by Crippen LogP contribution is -2.53. The van der Waals surface area contributed by atoms with E-state index in [9.17, 15) is 14.4 Å². The second-order valence-corrected chi connectivity index (χ2v) is 8.20. The molecule has 3 amide bonds. The number of anilines is 1. The number of aryl methyl sites for hydroxylation is 3. The Bertz CT molecular complexity index is 773. The van der Waals surface area contributed by atoms with Gasteiger partial charge >= 0.3 is 0 Å². The molecule has 1 aromatic rings. The Hall–Kier alpha value is -2.45. The fourth-order valence-electron chi connectivity index (χ4n) is 4.10. The molecule has 2 heterocycles. The van der Waals surface area contributed by atoms with Gasteiger partial charge in [0, 0.05) is 38.5 Å². The molecule has 164 valence electrons. The Labute approximate surface area is 177 Å². The number of piperazine rings is 1. The lowest BCUT2D eigenvalue weighted by atomic mass is 10.1. The van der Waals surface area contributed by atoms with Gasteiger partial charge in [-0.15, -0.1) is 0 Å². The van der Waals surface area contributed by atoms with Crippen LogP contribution >= 0.6 is 0 Å². The number of carbonyl (C=O) groups is 3. The quantitative estimate of drug-likeness (QED) is 0.722. The molecule has 2 aliphatic rings. The average molecular weight is 417 g/mol. The van der Waals surface area contributed by atoms with Crippen molar-refractivity contribution >= 4 is 23.4 Å². The maximum absolute atomic E-state index is 12.4. The standard InChI is InChI=1S/C22H32N4O4/c1-15-11-16(2)21(17(3)12-15)24-19(27)13-23-20(28)14-25-6-8-26(9-7-25)22(29)18-5-4-10-30-18/h11-12,18H,4-10,13-14H2,1-3H3,(H,23,28)(H,24,27). The van der Waals surface area contributed by atoms with Crippen molar-refractivity contribution in [3.63, 3.8) is 0 Å². The number of hydrogen-bond donors (Lipinski definition) is 2. The molecule has 2 saturated heterocycles. The predicted octanol–water partition coefficient (Wildman–Crippen LogP) is 0.990. The van der Waals surface area contributed by atoms with E-state index in [1.165, 1.54) is 0 Å². The molecule has 0 bridgehead atoms. The highest BCUT2D eigenvalue weighted by Crippen LogP contribution is 2.21. The van der Waals surface area contributed by atoms with Gasteiger partial charge in [0.1, 0.15) is 6.10 Å². The maximum atomic E-state index is 12.4. The topological polar surface area (TPSA) is 91.0 Å². The van der Waals surface area contributed by atoms with Gasteiger partial charge in [-0.3, -0.25) is 19.3 Å². The molecule has 2 aliphatic heterocycles. The van der Waals surface area contributed by atoms with Crippen LogP contribution in [-0.2, 0) is 19.1 Å². The summed E-state index contributed by atoms with van der Waals surface area (Å²) in [4.78, 5) is 40.7. The number of hydrogen-bond acceptors (Lipinski definition) is 5. The van der Waals surface area contributed by atoms with Crippen molar-refractivity contribution in [2.45, 2.75) is 39.7 Å². The summed E-state index contributed by atoms with van der Waals surface area (Å²) >= 11 is 0. The first-order chi connectivity index (χ1) is 14.3. The van der Waals surface area contributed by atoms with Crippen LogP contribution in [0.1, 0.15) is 29.5 Å². The largest absolute Gasteiger partial charge is 0.368 e. The zero-order valence-corrected chi connectivity index (χ0v) is 18.1. The monoisotopic (exact) mass is 416 g/mol. The van der Waals surface area contributed by atoms with Gasteiger partial charge in [0.2, 0.25) is 11.8 Å². The molecule has 2 fully saturated rings. The minimum atomic E-state index is -0.292. The van der Waals surface area contributed by atoms with Crippen molar-refractivity contribution in [3.05, 3.63) is 28.8 Å². The zero-order valence-electron chi connectivity index (χ0n) is 18.1. The van der Waals surface area contributed by atoms with Crippen LogP contribution in [0.25, 0.3) is 0 Å². The highest BCUT2D eigenvalue weighted by molar-refractivity contribution is 5.96. The number of rotatable bonds is 6. The first-order valence-electron chi connectivity index (χ1n) is 10.6. The lowest BCUT2D eigenvalue weighted by Gasteiger charge is -2.35. The first-order valence-corrected chi connectivity index (χ1v) is 10.6. The fraction of sp³-hybridized carbons (Fsp3) is 0.591. The number of nitrogens with zero attached hydrogens (tertiary/aromatic N) is 2. The molecule has 0 aliphatic carbocycles. The number of benzene rings is 1. The molecule has 2 N–H and O–H groups in total. The van der Waals surface area contributed by atoms with E-state index >= 15 is 0 Å². The SMILES string of the molecule is Cc1cc(C)c(NC(=O)CNC(=O)CN2CCN(C(=O)C3CCCO3)CC2)c(C)c1. The van der Waals surface area contributed by atoms with Crippen molar-refractivity contribution in [2.24, 2.45) is 0 Å². The molecule has 1 unspecified atom stereocenters. The van der Waals surface area contributed by atoms with E-state index in [0.717, 1.165) is 35.2 Å². The number of carbonyl (C=O) groups excluding carboxylic acids is 3. The molecule has 8 nitrogen and oxygen atoms in total. The van der Waals surface area contributed by atoms with E-state index in [-0.39, 0.29) is 36.9 Å². The van der Waals surface area contributed by atoms with Gasteiger partial charge in [-0.25, -0.2) is 0 Å². The second-order valence-electron chi connectivity index (χ2n) is 8.20. The summed E-state index contributed by atoms with van der Waals surface area (Å²) in [7, 11) is 0. The van der Waals surface area contributed by atoms with Gasteiger partial charge in [-0.1, -0.05) is 17.7 Å². The fourth-order valence-corrected chi connectivity index (χ4v) is 4.10. The van der Waals surface area contributed by atoms with Crippen LogP contribution in [0.4, 0.5) is 5.69 Å². The molecule has 8 heteroatoms. The molecule has 1 atom stereocenters. The van der Waals surface area contributed by atoms with E-state index in [0.29, 0.717) is 32.8 Å². The van der Waals surface area contributed by atoms with Crippen LogP contribution < -0.4 is 10.6 Å². The van der Waals surface area contributed by atoms with Crippen molar-refractivity contribution in [1.29, 1.82) is 0 Å². The molecular formula is C22H32N4O4. The summed E-state index contributed by atoms with van der Waals surface area (Å²) in [5.74, 6) is -0.373. The predicted molar refractivity (Wildman–Crippen MR) is 114 cm³/mol. The van der Waals surface area contributed by atoms with Gasteiger partial charge in [0.15, 0.2) is 0 Å². The molecule has 0 spiro atoms. The molecule has 30 heavy (non-hydrogen) atoms. The van der Waals surface area contributed by atoms with Crippen molar-refractivity contribution in [1.82, 2.24) is 15.1 Å². The maximum Gasteiger partial charge on any atom is 0.251 e. The molecule has 1 aromatic carbocycles. The smallest absolute Gasteiger partial charge is 0.251 e. The van der Waals surface area contributed by atoms with Gasteiger partial charge in [0.25, 0.3) is 5.91 Å². The summed E-state index contributed by atoms with van der Waals surface area (Å²) in [6.45, 7) is 9.21. The number of ether oxygens (including phenoxy) is 1. The third kappa shape index (κ3) is 5.79. The first kappa shape index (κ1) is 22.2. The lowest BCUT2D eigenvalue weighted by molar-refractivity contribution is -0.142. The van der Waals surface area contributed by atoms with Gasteiger partial charge in [-0.05, 0) is 44.7 Å². The Morgan fingerprint density at radius 2 is 1.70 bits per heavy atom. The molecular weight excluding hydrogens is 384 g/mol. The third-order valence-electron chi connectivity index (χ3n) is 5.64. The van der Waals surface area contributed by atoms with Gasteiger partial charge in [0.05, 0.1) is 13.1 Å². The second kappa shape index (κ2) is 10.0. The average Bonchev–Trinajstić information content (AvgIpc) is 3.24. The van der Waals surface area contributed by atoms with Gasteiger partial charge in [-0.2, -0.15) is 0 Å². The van der Waals surface area contributed by atoms with Gasteiger partial charge < -0.3 is 20.3 Å². The van der Waals surface area contributed by atoms with E-state index < -0.39 is 0 Å².